The largest absolute Gasteiger partial charge is 0.447 e. The quantitative estimate of drug-likeness (QED) is 0.743. The Bertz CT molecular complexity index is 515. The van der Waals surface area contributed by atoms with Gasteiger partial charge in [0.1, 0.15) is 12.6 Å². The maximum atomic E-state index is 12.4. The zero-order valence-electron chi connectivity index (χ0n) is 10.1. The van der Waals surface area contributed by atoms with Crippen molar-refractivity contribution in [2.24, 2.45) is 0 Å². The van der Waals surface area contributed by atoms with Crippen LogP contribution in [0.1, 0.15) is 5.56 Å². The first-order valence-corrected chi connectivity index (χ1v) is 5.97. The highest BCUT2D eigenvalue weighted by Gasteiger charge is 2.39. The molecule has 0 bridgehead atoms. The van der Waals surface area contributed by atoms with Crippen LogP contribution in [0.4, 0.5) is 10.5 Å². The molecule has 5 nitrogen and oxygen atoms in total. The molecular formula is C13H14N2O3. The number of nitrogens with zero attached hydrogens (tertiary/aromatic N) is 2. The monoisotopic (exact) mass is 246 g/mol. The number of benzene rings is 1. The first kappa shape index (κ1) is 11.1. The van der Waals surface area contributed by atoms with Gasteiger partial charge >= 0.3 is 6.09 Å². The standard InChI is InChI=1S/C13H14N2O3/c1-14-11(8-18-13(14)17)12(16)15-7-6-9-4-2-3-5-10(9)15/h2-5,11H,6-8H2,1H3. The summed E-state index contributed by atoms with van der Waals surface area (Å²) in [6, 6.07) is 7.37. The lowest BCUT2D eigenvalue weighted by Crippen LogP contribution is -2.45. The molecule has 0 aliphatic carbocycles. The molecule has 2 heterocycles. The highest BCUT2D eigenvalue weighted by Crippen LogP contribution is 2.29. The van der Waals surface area contributed by atoms with Crippen LogP contribution in [0.2, 0.25) is 0 Å². The number of likely N-dealkylation sites (N-methyl/N-ethyl adjacent to an activating group) is 1. The van der Waals surface area contributed by atoms with Gasteiger partial charge in [-0.1, -0.05) is 18.2 Å². The third kappa shape index (κ3) is 1.54. The Labute approximate surface area is 105 Å². The third-order valence-electron chi connectivity index (χ3n) is 3.56. The molecule has 0 saturated carbocycles. The second-order valence-corrected chi connectivity index (χ2v) is 4.57. The molecule has 0 radical (unpaired) electrons. The van der Waals surface area contributed by atoms with Crippen molar-refractivity contribution < 1.29 is 14.3 Å². The Morgan fingerprint density at radius 2 is 2.17 bits per heavy atom. The number of carbonyl (C=O) groups excluding carboxylic acids is 2. The zero-order chi connectivity index (χ0) is 12.7. The summed E-state index contributed by atoms with van der Waals surface area (Å²) < 4.78 is 4.89. The number of hydrogen-bond donors (Lipinski definition) is 0. The molecule has 1 fully saturated rings. The smallest absolute Gasteiger partial charge is 0.410 e. The van der Waals surface area contributed by atoms with Crippen molar-refractivity contribution in [3.8, 4) is 0 Å². The number of fused-ring (bicyclic) bond motifs is 1. The van der Waals surface area contributed by atoms with Gasteiger partial charge in [0.15, 0.2) is 0 Å². The van der Waals surface area contributed by atoms with E-state index in [1.54, 1.807) is 11.9 Å². The second-order valence-electron chi connectivity index (χ2n) is 4.57. The van der Waals surface area contributed by atoms with Crippen LogP contribution < -0.4 is 4.90 Å². The number of hydrogen-bond acceptors (Lipinski definition) is 3. The molecule has 0 N–H and O–H groups in total. The van der Waals surface area contributed by atoms with Gasteiger partial charge in [-0.25, -0.2) is 4.79 Å². The molecule has 2 aliphatic rings. The van der Waals surface area contributed by atoms with E-state index in [0.717, 1.165) is 12.1 Å². The number of ether oxygens (including phenoxy) is 1. The fourth-order valence-corrected chi connectivity index (χ4v) is 2.48. The average Bonchev–Trinajstić information content (AvgIpc) is 2.94. The van der Waals surface area contributed by atoms with Crippen LogP contribution in [0.5, 0.6) is 0 Å². The highest BCUT2D eigenvalue weighted by atomic mass is 16.6. The normalized spacial score (nSPS) is 22.1. The van der Waals surface area contributed by atoms with Gasteiger partial charge in [-0.15, -0.1) is 0 Å². The van der Waals surface area contributed by atoms with Crippen molar-refractivity contribution in [2.75, 3.05) is 25.1 Å². The third-order valence-corrected chi connectivity index (χ3v) is 3.56. The predicted molar refractivity (Wildman–Crippen MR) is 65.4 cm³/mol. The molecule has 1 atom stereocenters. The van der Waals surface area contributed by atoms with Crippen molar-refractivity contribution >= 4 is 17.7 Å². The van der Waals surface area contributed by atoms with E-state index in [-0.39, 0.29) is 12.5 Å². The summed E-state index contributed by atoms with van der Waals surface area (Å²) >= 11 is 0. The fraction of sp³-hybridized carbons (Fsp3) is 0.385. The molecule has 2 aliphatic heterocycles. The van der Waals surface area contributed by atoms with Crippen LogP contribution in [-0.2, 0) is 16.0 Å². The van der Waals surface area contributed by atoms with Gasteiger partial charge in [-0.2, -0.15) is 0 Å². The molecule has 94 valence electrons. The number of rotatable bonds is 1. The number of anilines is 1. The lowest BCUT2D eigenvalue weighted by molar-refractivity contribution is -0.121. The fourth-order valence-electron chi connectivity index (χ4n) is 2.48. The molecule has 1 saturated heterocycles. The van der Waals surface area contributed by atoms with Gasteiger partial charge < -0.3 is 9.64 Å². The molecule has 5 heteroatoms. The van der Waals surface area contributed by atoms with E-state index >= 15 is 0 Å². The lowest BCUT2D eigenvalue weighted by atomic mass is 10.2. The lowest BCUT2D eigenvalue weighted by Gasteiger charge is -2.23. The minimum atomic E-state index is -0.497. The summed E-state index contributed by atoms with van der Waals surface area (Å²) in [5.41, 5.74) is 2.13. The Balaban J connectivity index is 1.85. The van der Waals surface area contributed by atoms with Crippen LogP contribution in [0, 0.1) is 0 Å². The summed E-state index contributed by atoms with van der Waals surface area (Å²) in [6.07, 6.45) is 0.438. The number of para-hydroxylation sites is 1. The van der Waals surface area contributed by atoms with Gasteiger partial charge in [-0.05, 0) is 18.1 Å². The summed E-state index contributed by atoms with van der Waals surface area (Å²) in [7, 11) is 1.60. The summed E-state index contributed by atoms with van der Waals surface area (Å²) in [6.45, 7) is 0.823. The Hall–Kier alpha value is -2.04. The minimum Gasteiger partial charge on any atom is -0.447 e. The zero-order valence-corrected chi connectivity index (χ0v) is 10.1. The SMILES string of the molecule is CN1C(=O)OCC1C(=O)N1CCc2ccccc21. The highest BCUT2D eigenvalue weighted by molar-refractivity contribution is 6.01. The molecule has 1 unspecified atom stereocenters. The van der Waals surface area contributed by atoms with Gasteiger partial charge in [-0.3, -0.25) is 9.69 Å². The molecule has 1 aromatic carbocycles. The maximum Gasteiger partial charge on any atom is 0.410 e. The van der Waals surface area contributed by atoms with Crippen LogP contribution in [-0.4, -0.2) is 43.1 Å². The Kier molecular flexibility index (Phi) is 2.47. The van der Waals surface area contributed by atoms with Crippen molar-refractivity contribution in [3.05, 3.63) is 29.8 Å². The van der Waals surface area contributed by atoms with E-state index in [1.807, 2.05) is 24.3 Å². The average molecular weight is 246 g/mol. The molecule has 1 aromatic rings. The van der Waals surface area contributed by atoms with Crippen LogP contribution in [0.15, 0.2) is 24.3 Å². The summed E-state index contributed by atoms with van der Waals surface area (Å²) in [5.74, 6) is -0.0618. The molecule has 0 spiro atoms. The van der Waals surface area contributed by atoms with Crippen molar-refractivity contribution in [2.45, 2.75) is 12.5 Å². The number of carbonyl (C=O) groups is 2. The van der Waals surface area contributed by atoms with Crippen molar-refractivity contribution in [3.63, 3.8) is 0 Å². The Morgan fingerprint density at radius 1 is 1.39 bits per heavy atom. The van der Waals surface area contributed by atoms with E-state index in [4.69, 9.17) is 4.74 Å². The van der Waals surface area contributed by atoms with E-state index in [1.165, 1.54) is 10.5 Å². The first-order chi connectivity index (χ1) is 8.68. The summed E-state index contributed by atoms with van der Waals surface area (Å²) in [5, 5.41) is 0. The second kappa shape index (κ2) is 4.01. The van der Waals surface area contributed by atoms with Crippen LogP contribution in [0.25, 0.3) is 0 Å². The van der Waals surface area contributed by atoms with Gasteiger partial charge in [0.05, 0.1) is 0 Å². The first-order valence-electron chi connectivity index (χ1n) is 5.97. The topological polar surface area (TPSA) is 49.9 Å². The molecule has 3 rings (SSSR count). The predicted octanol–water partition coefficient (Wildman–Crippen LogP) is 1.03. The van der Waals surface area contributed by atoms with Crippen molar-refractivity contribution in [1.82, 2.24) is 4.90 Å². The maximum absolute atomic E-state index is 12.4. The van der Waals surface area contributed by atoms with E-state index in [0.29, 0.717) is 6.54 Å². The van der Waals surface area contributed by atoms with Crippen molar-refractivity contribution in [1.29, 1.82) is 0 Å². The van der Waals surface area contributed by atoms with Gasteiger partial charge in [0, 0.05) is 19.3 Å². The van der Waals surface area contributed by atoms with E-state index in [2.05, 4.69) is 0 Å². The number of amides is 2. The summed E-state index contributed by atoms with van der Waals surface area (Å²) in [4.78, 5) is 26.8. The van der Waals surface area contributed by atoms with E-state index < -0.39 is 12.1 Å². The van der Waals surface area contributed by atoms with Crippen LogP contribution >= 0.6 is 0 Å². The molecule has 0 aromatic heterocycles. The number of cyclic esters (lactones) is 1. The molecular weight excluding hydrogens is 232 g/mol. The molecule has 2 amide bonds. The minimum absolute atomic E-state index is 0.0618. The Morgan fingerprint density at radius 3 is 2.89 bits per heavy atom. The van der Waals surface area contributed by atoms with Crippen LogP contribution in [0.3, 0.4) is 0 Å². The van der Waals surface area contributed by atoms with Gasteiger partial charge in [0.2, 0.25) is 0 Å². The molecule has 18 heavy (non-hydrogen) atoms. The van der Waals surface area contributed by atoms with Gasteiger partial charge in [0.25, 0.3) is 5.91 Å². The van der Waals surface area contributed by atoms with E-state index in [9.17, 15) is 9.59 Å².